The molecule has 0 radical (unpaired) electrons. The van der Waals surface area contributed by atoms with E-state index in [1.54, 1.807) is 0 Å². The standard InChI is InChI=1S/C26H42N2O2Si/c1-11-23(30-31(9,10)26(6,7)8)18-22-16-15-20(4)28(22)24(12-2)25(29)21(5)27-17-13-14-19(27)3/h11-17,21,23-25,29H,1-2,18H2,3-10H3/t21-,23?,24+,25-/m1/s1. The Balaban J connectivity index is 2.32. The van der Waals surface area contributed by atoms with E-state index < -0.39 is 14.4 Å². The van der Waals surface area contributed by atoms with Gasteiger partial charge in [-0.05, 0) is 63.2 Å². The summed E-state index contributed by atoms with van der Waals surface area (Å²) in [7, 11) is -1.92. The van der Waals surface area contributed by atoms with E-state index in [0.29, 0.717) is 0 Å². The van der Waals surface area contributed by atoms with Gasteiger partial charge in [-0.1, -0.05) is 32.9 Å². The molecule has 0 fully saturated rings. The Morgan fingerprint density at radius 3 is 2.23 bits per heavy atom. The van der Waals surface area contributed by atoms with Crippen molar-refractivity contribution in [2.24, 2.45) is 0 Å². The van der Waals surface area contributed by atoms with Gasteiger partial charge in [0.05, 0.1) is 24.3 Å². The van der Waals surface area contributed by atoms with E-state index in [0.717, 1.165) is 23.5 Å². The van der Waals surface area contributed by atoms with Crippen LogP contribution < -0.4 is 0 Å². The lowest BCUT2D eigenvalue weighted by Crippen LogP contribution is -2.44. The fraction of sp³-hybridized carbons (Fsp3) is 0.538. The molecule has 2 aromatic heterocycles. The summed E-state index contributed by atoms with van der Waals surface area (Å²) in [6.07, 6.45) is 5.83. The first-order valence-corrected chi connectivity index (χ1v) is 14.2. The Morgan fingerprint density at radius 1 is 1.10 bits per heavy atom. The molecule has 0 aromatic carbocycles. The quantitative estimate of drug-likeness (QED) is 0.343. The van der Waals surface area contributed by atoms with Gasteiger partial charge in [-0.3, -0.25) is 0 Å². The molecule has 2 rings (SSSR count). The summed E-state index contributed by atoms with van der Waals surface area (Å²) in [5, 5.41) is 11.5. The van der Waals surface area contributed by atoms with Crippen molar-refractivity contribution in [2.45, 2.75) is 90.4 Å². The van der Waals surface area contributed by atoms with E-state index in [2.05, 4.69) is 95.1 Å². The third-order valence-corrected chi connectivity index (χ3v) is 11.5. The van der Waals surface area contributed by atoms with Crippen molar-refractivity contribution in [1.82, 2.24) is 9.13 Å². The van der Waals surface area contributed by atoms with Crippen LogP contribution in [0.1, 0.15) is 56.9 Å². The summed E-state index contributed by atoms with van der Waals surface area (Å²) in [5.74, 6) is 0. The fourth-order valence-electron chi connectivity index (χ4n) is 3.91. The molecule has 4 atom stereocenters. The minimum absolute atomic E-state index is 0.0688. The molecule has 172 valence electrons. The molecule has 0 saturated carbocycles. The molecule has 0 aliphatic carbocycles. The summed E-state index contributed by atoms with van der Waals surface area (Å²) in [6.45, 7) is 25.6. The molecule has 0 spiro atoms. The van der Waals surface area contributed by atoms with Crippen molar-refractivity contribution in [2.75, 3.05) is 0 Å². The van der Waals surface area contributed by atoms with Gasteiger partial charge in [0.1, 0.15) is 0 Å². The van der Waals surface area contributed by atoms with Crippen LogP contribution in [0.25, 0.3) is 0 Å². The van der Waals surface area contributed by atoms with Crippen LogP contribution in [0.3, 0.4) is 0 Å². The summed E-state index contributed by atoms with van der Waals surface area (Å²) < 4.78 is 11.0. The molecule has 5 heteroatoms. The lowest BCUT2D eigenvalue weighted by molar-refractivity contribution is 0.0820. The van der Waals surface area contributed by atoms with Gasteiger partial charge >= 0.3 is 0 Å². The van der Waals surface area contributed by atoms with Crippen molar-refractivity contribution >= 4 is 8.32 Å². The number of hydrogen-bond donors (Lipinski definition) is 1. The first kappa shape index (κ1) is 25.4. The zero-order chi connectivity index (χ0) is 23.6. The Labute approximate surface area is 190 Å². The molecular weight excluding hydrogens is 400 g/mol. The molecule has 0 bridgehead atoms. The molecule has 0 amide bonds. The highest BCUT2D eigenvalue weighted by molar-refractivity contribution is 6.74. The number of aryl methyl sites for hydroxylation is 2. The number of aliphatic hydroxyl groups excluding tert-OH is 1. The minimum atomic E-state index is -1.92. The van der Waals surface area contributed by atoms with Gasteiger partial charge in [-0.15, -0.1) is 13.2 Å². The van der Waals surface area contributed by atoms with E-state index in [1.165, 1.54) is 0 Å². The van der Waals surface area contributed by atoms with Crippen LogP contribution in [-0.4, -0.2) is 34.8 Å². The van der Waals surface area contributed by atoms with Gasteiger partial charge in [0.25, 0.3) is 0 Å². The molecule has 0 saturated heterocycles. The average Bonchev–Trinajstić information content (AvgIpc) is 3.26. The maximum absolute atomic E-state index is 11.3. The van der Waals surface area contributed by atoms with Crippen LogP contribution in [0.2, 0.25) is 18.1 Å². The van der Waals surface area contributed by atoms with Gasteiger partial charge in [0.15, 0.2) is 8.32 Å². The molecule has 2 heterocycles. The van der Waals surface area contributed by atoms with Crippen LogP contribution in [0, 0.1) is 13.8 Å². The molecule has 4 nitrogen and oxygen atoms in total. The third-order valence-electron chi connectivity index (χ3n) is 6.95. The normalized spacial score (nSPS) is 16.5. The molecule has 0 aliphatic heterocycles. The van der Waals surface area contributed by atoms with E-state index in [-0.39, 0.29) is 23.2 Å². The highest BCUT2D eigenvalue weighted by Crippen LogP contribution is 2.38. The number of aromatic nitrogens is 2. The molecule has 2 aromatic rings. The highest BCUT2D eigenvalue weighted by atomic mass is 28.4. The van der Waals surface area contributed by atoms with Crippen LogP contribution in [-0.2, 0) is 10.8 Å². The second-order valence-corrected chi connectivity index (χ2v) is 15.0. The fourth-order valence-corrected chi connectivity index (χ4v) is 5.20. The first-order chi connectivity index (χ1) is 14.3. The lowest BCUT2D eigenvalue weighted by atomic mass is 10.0. The minimum Gasteiger partial charge on any atom is -0.410 e. The smallest absolute Gasteiger partial charge is 0.192 e. The maximum Gasteiger partial charge on any atom is 0.192 e. The zero-order valence-corrected chi connectivity index (χ0v) is 21.7. The summed E-state index contributed by atoms with van der Waals surface area (Å²) in [5.41, 5.74) is 3.36. The SMILES string of the molecule is C=CC(Cc1ccc(C)n1[C@@H](C=C)[C@H](O)[C@@H](C)n1cccc1C)O[Si](C)(C)C(C)(C)C. The molecule has 31 heavy (non-hydrogen) atoms. The molecule has 0 aliphatic rings. The lowest BCUT2D eigenvalue weighted by Gasteiger charge is -2.39. The summed E-state index contributed by atoms with van der Waals surface area (Å²) in [6, 6.07) is 8.00. The number of nitrogens with zero attached hydrogens (tertiary/aromatic N) is 2. The first-order valence-electron chi connectivity index (χ1n) is 11.2. The predicted molar refractivity (Wildman–Crippen MR) is 134 cm³/mol. The monoisotopic (exact) mass is 442 g/mol. The number of rotatable bonds is 10. The van der Waals surface area contributed by atoms with Crippen LogP contribution >= 0.6 is 0 Å². The molecule has 1 N–H and O–H groups in total. The van der Waals surface area contributed by atoms with Gasteiger partial charge in [0.2, 0.25) is 0 Å². The average molecular weight is 443 g/mol. The zero-order valence-electron chi connectivity index (χ0n) is 20.7. The van der Waals surface area contributed by atoms with Gasteiger partial charge in [-0.25, -0.2) is 0 Å². The van der Waals surface area contributed by atoms with Crippen molar-refractivity contribution in [3.63, 3.8) is 0 Å². The van der Waals surface area contributed by atoms with Gasteiger partial charge < -0.3 is 18.7 Å². The summed E-state index contributed by atoms with van der Waals surface area (Å²) in [4.78, 5) is 0. The Kier molecular flexibility index (Phi) is 8.01. The highest BCUT2D eigenvalue weighted by Gasteiger charge is 2.39. The van der Waals surface area contributed by atoms with Crippen molar-refractivity contribution in [3.8, 4) is 0 Å². The predicted octanol–water partition coefficient (Wildman–Crippen LogP) is 6.37. The van der Waals surface area contributed by atoms with E-state index in [9.17, 15) is 5.11 Å². The molecule has 1 unspecified atom stereocenters. The number of aliphatic hydroxyl groups is 1. The number of hydrogen-bond acceptors (Lipinski definition) is 2. The van der Waals surface area contributed by atoms with Gasteiger partial charge in [-0.2, -0.15) is 0 Å². The van der Waals surface area contributed by atoms with Crippen LogP contribution in [0.5, 0.6) is 0 Å². The largest absolute Gasteiger partial charge is 0.410 e. The summed E-state index contributed by atoms with van der Waals surface area (Å²) >= 11 is 0. The second kappa shape index (κ2) is 9.76. The Bertz CT molecular complexity index is 888. The Morgan fingerprint density at radius 2 is 1.74 bits per heavy atom. The van der Waals surface area contributed by atoms with E-state index in [4.69, 9.17) is 4.43 Å². The second-order valence-electron chi connectivity index (χ2n) is 10.2. The molecular formula is C26H42N2O2Si. The van der Waals surface area contributed by atoms with Crippen LogP contribution in [0.4, 0.5) is 0 Å². The maximum atomic E-state index is 11.3. The van der Waals surface area contributed by atoms with Crippen LogP contribution in [0.15, 0.2) is 55.8 Å². The van der Waals surface area contributed by atoms with Crippen molar-refractivity contribution in [3.05, 3.63) is 72.9 Å². The Hall–Kier alpha value is -1.82. The van der Waals surface area contributed by atoms with Crippen molar-refractivity contribution < 1.29 is 9.53 Å². The van der Waals surface area contributed by atoms with Crippen molar-refractivity contribution in [1.29, 1.82) is 0 Å². The topological polar surface area (TPSA) is 39.3 Å². The van der Waals surface area contributed by atoms with Gasteiger partial charge in [0, 0.05) is 29.7 Å². The van der Waals surface area contributed by atoms with E-state index >= 15 is 0 Å². The third kappa shape index (κ3) is 5.51. The van der Waals surface area contributed by atoms with E-state index in [1.807, 2.05) is 24.4 Å².